The number of hydrogen-bond donors (Lipinski definition) is 2. The van der Waals surface area contributed by atoms with Gasteiger partial charge in [0.15, 0.2) is 11.6 Å². The monoisotopic (exact) mass is 440 g/mol. The zero-order valence-electron chi connectivity index (χ0n) is 17.7. The maximum absolute atomic E-state index is 13.5. The van der Waals surface area contributed by atoms with E-state index in [1.54, 1.807) is 72.8 Å². The summed E-state index contributed by atoms with van der Waals surface area (Å²) in [6.07, 6.45) is 0. The van der Waals surface area contributed by atoms with Crippen LogP contribution in [0.2, 0.25) is 0 Å². The SMILES string of the molecule is COc1ccc(C(C2C(=O)Nc3ccccc3C2=O)C2C(=O)Nc3ccccc3C2=O)cc1. The minimum Gasteiger partial charge on any atom is -0.497 e. The molecule has 3 aromatic rings. The van der Waals surface area contributed by atoms with Gasteiger partial charge < -0.3 is 15.4 Å². The zero-order chi connectivity index (χ0) is 23.1. The number of rotatable bonds is 4. The molecule has 2 heterocycles. The van der Waals surface area contributed by atoms with Crippen LogP contribution >= 0.6 is 0 Å². The molecular weight excluding hydrogens is 420 g/mol. The maximum Gasteiger partial charge on any atom is 0.236 e. The number of anilines is 2. The molecule has 33 heavy (non-hydrogen) atoms. The summed E-state index contributed by atoms with van der Waals surface area (Å²) >= 11 is 0. The number of carbonyl (C=O) groups is 4. The first-order chi connectivity index (χ1) is 16.0. The van der Waals surface area contributed by atoms with E-state index in [0.717, 1.165) is 0 Å². The normalized spacial score (nSPS) is 20.3. The van der Waals surface area contributed by atoms with E-state index in [9.17, 15) is 19.2 Å². The van der Waals surface area contributed by atoms with E-state index in [1.165, 1.54) is 7.11 Å². The van der Waals surface area contributed by atoms with Gasteiger partial charge in [-0.05, 0) is 42.0 Å². The van der Waals surface area contributed by atoms with E-state index in [-0.39, 0.29) is 0 Å². The zero-order valence-corrected chi connectivity index (χ0v) is 17.7. The van der Waals surface area contributed by atoms with Gasteiger partial charge in [0.25, 0.3) is 0 Å². The third-order valence-corrected chi connectivity index (χ3v) is 6.25. The van der Waals surface area contributed by atoms with Crippen LogP contribution in [0.25, 0.3) is 0 Å². The molecule has 0 saturated carbocycles. The molecule has 2 aliphatic heterocycles. The molecule has 2 N–H and O–H groups in total. The standard InChI is InChI=1S/C26H20N2O5/c1-33-15-12-10-14(11-13-15)20(21-23(29)16-6-2-4-8-18(16)27-25(21)31)22-24(30)17-7-3-5-9-19(17)28-26(22)32/h2-13,20-22H,1H3,(H,27,31)(H,28,32). The second-order valence-electron chi connectivity index (χ2n) is 8.05. The fourth-order valence-electron chi connectivity index (χ4n) is 4.66. The maximum atomic E-state index is 13.5. The Bertz CT molecular complexity index is 1220. The molecule has 3 aromatic carbocycles. The third-order valence-electron chi connectivity index (χ3n) is 6.25. The molecule has 2 atom stereocenters. The summed E-state index contributed by atoms with van der Waals surface area (Å²) in [5.41, 5.74) is 2.06. The van der Waals surface area contributed by atoms with E-state index in [0.29, 0.717) is 33.8 Å². The molecule has 164 valence electrons. The van der Waals surface area contributed by atoms with Gasteiger partial charge in [0.2, 0.25) is 11.8 Å². The fraction of sp³-hybridized carbons (Fsp3) is 0.154. The van der Waals surface area contributed by atoms with Crippen LogP contribution in [-0.2, 0) is 9.59 Å². The number of Topliss-reactive ketones (excluding diaryl/α,β-unsaturated/α-hetero) is 2. The van der Waals surface area contributed by atoms with Gasteiger partial charge >= 0.3 is 0 Å². The molecule has 0 bridgehead atoms. The molecule has 0 spiro atoms. The van der Waals surface area contributed by atoms with Gasteiger partial charge in [-0.2, -0.15) is 0 Å². The smallest absolute Gasteiger partial charge is 0.236 e. The predicted molar refractivity (Wildman–Crippen MR) is 122 cm³/mol. The first-order valence-corrected chi connectivity index (χ1v) is 10.5. The van der Waals surface area contributed by atoms with Gasteiger partial charge in [-0.15, -0.1) is 0 Å². The third kappa shape index (κ3) is 3.38. The van der Waals surface area contributed by atoms with Gasteiger partial charge in [0.1, 0.15) is 17.6 Å². The molecule has 0 aliphatic carbocycles. The number of hydrogen-bond acceptors (Lipinski definition) is 5. The van der Waals surface area contributed by atoms with Crippen LogP contribution in [0.4, 0.5) is 11.4 Å². The second kappa shape index (κ2) is 8.02. The Morgan fingerprint density at radius 2 is 1.12 bits per heavy atom. The van der Waals surface area contributed by atoms with Crippen molar-refractivity contribution in [1.29, 1.82) is 0 Å². The Morgan fingerprint density at radius 1 is 0.667 bits per heavy atom. The summed E-state index contributed by atoms with van der Waals surface area (Å²) in [7, 11) is 1.52. The minimum absolute atomic E-state index is 0.352. The van der Waals surface area contributed by atoms with Crippen LogP contribution in [0.3, 0.4) is 0 Å². The van der Waals surface area contributed by atoms with Crippen molar-refractivity contribution in [1.82, 2.24) is 0 Å². The lowest BCUT2D eigenvalue weighted by Gasteiger charge is -2.35. The minimum atomic E-state index is -1.25. The Hall–Kier alpha value is -4.26. The number of carbonyl (C=O) groups excluding carboxylic acids is 4. The molecule has 0 aromatic heterocycles. The molecule has 7 nitrogen and oxygen atoms in total. The average molecular weight is 440 g/mol. The molecule has 2 aliphatic rings. The first kappa shape index (κ1) is 20.6. The number of nitrogens with one attached hydrogen (secondary N) is 2. The Labute approximate surface area is 189 Å². The summed E-state index contributed by atoms with van der Waals surface area (Å²) in [5, 5.41) is 5.55. The number of ether oxygens (including phenoxy) is 1. The lowest BCUT2D eigenvalue weighted by Crippen LogP contribution is -2.47. The van der Waals surface area contributed by atoms with Crippen molar-refractivity contribution >= 4 is 34.8 Å². The highest BCUT2D eigenvalue weighted by Gasteiger charge is 2.50. The number of para-hydroxylation sites is 2. The van der Waals surface area contributed by atoms with E-state index in [1.807, 2.05) is 0 Å². The topological polar surface area (TPSA) is 102 Å². The van der Waals surface area contributed by atoms with Crippen molar-refractivity contribution in [3.63, 3.8) is 0 Å². The Kier molecular flexibility index (Phi) is 5.01. The number of methoxy groups -OCH3 is 1. The molecular formula is C26H20N2O5. The highest BCUT2D eigenvalue weighted by Crippen LogP contribution is 2.43. The summed E-state index contributed by atoms with van der Waals surface area (Å²) in [5.74, 6) is -4.86. The lowest BCUT2D eigenvalue weighted by molar-refractivity contribution is -0.122. The first-order valence-electron chi connectivity index (χ1n) is 10.5. The highest BCUT2D eigenvalue weighted by molar-refractivity contribution is 6.25. The van der Waals surface area contributed by atoms with E-state index >= 15 is 0 Å². The fourth-order valence-corrected chi connectivity index (χ4v) is 4.66. The van der Waals surface area contributed by atoms with E-state index < -0.39 is 41.1 Å². The van der Waals surface area contributed by atoms with Crippen molar-refractivity contribution in [2.45, 2.75) is 5.92 Å². The molecule has 2 amide bonds. The Balaban J connectivity index is 1.66. The Morgan fingerprint density at radius 3 is 1.58 bits per heavy atom. The summed E-state index contributed by atoms with van der Waals surface area (Å²) in [6, 6.07) is 20.2. The second-order valence-corrected chi connectivity index (χ2v) is 8.05. The predicted octanol–water partition coefficient (Wildman–Crippen LogP) is 3.68. The van der Waals surface area contributed by atoms with Gasteiger partial charge in [0.05, 0.1) is 18.5 Å². The molecule has 5 rings (SSSR count). The number of amides is 2. The van der Waals surface area contributed by atoms with Gasteiger partial charge in [-0.3, -0.25) is 19.2 Å². The lowest BCUT2D eigenvalue weighted by atomic mass is 9.68. The highest BCUT2D eigenvalue weighted by atomic mass is 16.5. The summed E-state index contributed by atoms with van der Waals surface area (Å²) < 4.78 is 5.22. The van der Waals surface area contributed by atoms with Crippen LogP contribution < -0.4 is 15.4 Å². The van der Waals surface area contributed by atoms with Gasteiger partial charge in [0, 0.05) is 17.0 Å². The van der Waals surface area contributed by atoms with Crippen LogP contribution in [0, 0.1) is 11.8 Å². The number of benzene rings is 3. The van der Waals surface area contributed by atoms with Crippen LogP contribution in [0.15, 0.2) is 72.8 Å². The van der Waals surface area contributed by atoms with Crippen LogP contribution in [-0.4, -0.2) is 30.5 Å². The van der Waals surface area contributed by atoms with Gasteiger partial charge in [-0.1, -0.05) is 36.4 Å². The summed E-state index contributed by atoms with van der Waals surface area (Å²) in [4.78, 5) is 53.5. The number of fused-ring (bicyclic) bond motifs is 2. The molecule has 0 saturated heterocycles. The molecule has 0 radical (unpaired) electrons. The molecule has 2 unspecified atom stereocenters. The van der Waals surface area contributed by atoms with Crippen LogP contribution in [0.1, 0.15) is 32.2 Å². The van der Waals surface area contributed by atoms with Crippen molar-refractivity contribution < 1.29 is 23.9 Å². The molecule has 0 fully saturated rings. The largest absolute Gasteiger partial charge is 0.497 e. The number of ketones is 2. The van der Waals surface area contributed by atoms with E-state index in [4.69, 9.17) is 4.74 Å². The van der Waals surface area contributed by atoms with Crippen LogP contribution in [0.5, 0.6) is 5.75 Å². The summed E-state index contributed by atoms with van der Waals surface area (Å²) in [6.45, 7) is 0. The van der Waals surface area contributed by atoms with Crippen molar-refractivity contribution in [3.05, 3.63) is 89.5 Å². The van der Waals surface area contributed by atoms with Crippen molar-refractivity contribution in [2.24, 2.45) is 11.8 Å². The van der Waals surface area contributed by atoms with Crippen molar-refractivity contribution in [3.8, 4) is 5.75 Å². The van der Waals surface area contributed by atoms with Crippen molar-refractivity contribution in [2.75, 3.05) is 17.7 Å². The van der Waals surface area contributed by atoms with Gasteiger partial charge in [-0.25, -0.2) is 0 Å². The van der Waals surface area contributed by atoms with E-state index in [2.05, 4.69) is 10.6 Å². The molecule has 7 heteroatoms. The quantitative estimate of drug-likeness (QED) is 0.603. The average Bonchev–Trinajstić information content (AvgIpc) is 2.83.